The number of hydrogen-bond acceptors (Lipinski definition) is 5. The number of hydrazine groups is 1. The fourth-order valence-electron chi connectivity index (χ4n) is 2.03. The highest BCUT2D eigenvalue weighted by atomic mass is 16.5. The zero-order chi connectivity index (χ0) is 13.8. The van der Waals surface area contributed by atoms with Crippen molar-refractivity contribution in [2.24, 2.45) is 5.84 Å². The number of ether oxygens (including phenoxy) is 1. The molecule has 2 rings (SSSR count). The minimum atomic E-state index is 0.537. The summed E-state index contributed by atoms with van der Waals surface area (Å²) in [5.41, 5.74) is 5.73. The average Bonchev–Trinajstić information content (AvgIpc) is 2.37. The number of hydrogen-bond donors (Lipinski definition) is 2. The van der Waals surface area contributed by atoms with Gasteiger partial charge in [0.25, 0.3) is 0 Å². The minimum absolute atomic E-state index is 0.537. The van der Waals surface area contributed by atoms with Crippen LogP contribution in [0, 0.1) is 13.8 Å². The van der Waals surface area contributed by atoms with E-state index in [1.165, 1.54) is 6.33 Å². The van der Waals surface area contributed by atoms with Crippen molar-refractivity contribution in [3.63, 3.8) is 0 Å². The number of aryl methyl sites for hydroxylation is 2. The van der Waals surface area contributed by atoms with E-state index in [4.69, 9.17) is 10.6 Å². The smallest absolute Gasteiger partial charge is 0.227 e. The Balaban J connectivity index is 2.37. The van der Waals surface area contributed by atoms with Crippen LogP contribution in [-0.2, 0) is 6.42 Å². The highest BCUT2D eigenvalue weighted by molar-refractivity contribution is 5.49. The Bertz CT molecular complexity index is 563. The van der Waals surface area contributed by atoms with Crippen LogP contribution in [0.25, 0.3) is 0 Å². The topological polar surface area (TPSA) is 73.1 Å². The first-order valence-electron chi connectivity index (χ1n) is 6.20. The quantitative estimate of drug-likeness (QED) is 0.651. The first-order valence-corrected chi connectivity index (χ1v) is 6.20. The average molecular weight is 258 g/mol. The molecule has 0 aliphatic rings. The van der Waals surface area contributed by atoms with E-state index < -0.39 is 0 Å². The minimum Gasteiger partial charge on any atom is -0.439 e. The second-order valence-electron chi connectivity index (χ2n) is 4.43. The number of nitrogens with two attached hydrogens (primary N) is 1. The van der Waals surface area contributed by atoms with Gasteiger partial charge in [0.05, 0.1) is 5.56 Å². The van der Waals surface area contributed by atoms with Gasteiger partial charge in [-0.25, -0.2) is 15.8 Å². The van der Waals surface area contributed by atoms with Gasteiger partial charge in [0, 0.05) is 0 Å². The summed E-state index contributed by atoms with van der Waals surface area (Å²) in [5, 5.41) is 0. The lowest BCUT2D eigenvalue weighted by atomic mass is 10.1. The van der Waals surface area contributed by atoms with E-state index in [0.717, 1.165) is 28.9 Å². The molecular weight excluding hydrogens is 240 g/mol. The molecule has 0 aliphatic carbocycles. The standard InChI is InChI=1S/C14H18N4O/c1-4-12-13(18-15)16-8-17-14(12)19-11-6-9(2)5-10(3)7-11/h5-8H,4,15H2,1-3H3,(H,16,17,18). The van der Waals surface area contributed by atoms with Crippen LogP contribution < -0.4 is 16.0 Å². The maximum Gasteiger partial charge on any atom is 0.227 e. The van der Waals surface area contributed by atoms with Crippen LogP contribution in [0.3, 0.4) is 0 Å². The van der Waals surface area contributed by atoms with Crippen molar-refractivity contribution in [3.8, 4) is 11.6 Å². The maximum atomic E-state index is 5.86. The molecule has 0 aliphatic heterocycles. The molecule has 19 heavy (non-hydrogen) atoms. The molecule has 0 bridgehead atoms. The van der Waals surface area contributed by atoms with Crippen LogP contribution in [0.1, 0.15) is 23.6 Å². The summed E-state index contributed by atoms with van der Waals surface area (Å²) in [6, 6.07) is 6.05. The van der Waals surface area contributed by atoms with Gasteiger partial charge < -0.3 is 10.2 Å². The number of nitrogens with one attached hydrogen (secondary N) is 1. The van der Waals surface area contributed by atoms with Gasteiger partial charge in [0.1, 0.15) is 17.9 Å². The zero-order valence-electron chi connectivity index (χ0n) is 11.4. The molecule has 0 spiro atoms. The van der Waals surface area contributed by atoms with E-state index in [2.05, 4.69) is 21.5 Å². The van der Waals surface area contributed by atoms with Crippen LogP contribution >= 0.6 is 0 Å². The summed E-state index contributed by atoms with van der Waals surface area (Å²) in [7, 11) is 0. The maximum absolute atomic E-state index is 5.86. The Morgan fingerprint density at radius 3 is 2.42 bits per heavy atom. The van der Waals surface area contributed by atoms with Gasteiger partial charge in [-0.2, -0.15) is 0 Å². The monoisotopic (exact) mass is 258 g/mol. The van der Waals surface area contributed by atoms with Crippen LogP contribution in [0.15, 0.2) is 24.5 Å². The molecule has 0 atom stereocenters. The van der Waals surface area contributed by atoms with Crippen molar-refractivity contribution in [1.29, 1.82) is 0 Å². The Morgan fingerprint density at radius 2 is 1.84 bits per heavy atom. The predicted octanol–water partition coefficient (Wildman–Crippen LogP) is 2.73. The van der Waals surface area contributed by atoms with Crippen molar-refractivity contribution in [2.45, 2.75) is 27.2 Å². The van der Waals surface area contributed by atoms with Crippen molar-refractivity contribution >= 4 is 5.82 Å². The predicted molar refractivity (Wildman–Crippen MR) is 75.2 cm³/mol. The molecule has 1 heterocycles. The molecule has 0 amide bonds. The summed E-state index contributed by atoms with van der Waals surface area (Å²) < 4.78 is 5.86. The van der Waals surface area contributed by atoms with Crippen molar-refractivity contribution in [3.05, 3.63) is 41.2 Å². The molecule has 1 aromatic carbocycles. The molecule has 5 nitrogen and oxygen atoms in total. The third-order valence-corrected chi connectivity index (χ3v) is 2.81. The van der Waals surface area contributed by atoms with Gasteiger partial charge in [-0.1, -0.05) is 13.0 Å². The molecule has 0 saturated carbocycles. The van der Waals surface area contributed by atoms with Crippen LogP contribution in [0.2, 0.25) is 0 Å². The summed E-state index contributed by atoms with van der Waals surface area (Å²) in [6.45, 7) is 6.08. The SMILES string of the molecule is CCc1c(NN)ncnc1Oc1cc(C)cc(C)c1. The molecule has 2 aromatic rings. The molecule has 5 heteroatoms. The molecule has 0 radical (unpaired) electrons. The molecule has 3 N–H and O–H groups in total. The Morgan fingerprint density at radius 1 is 1.16 bits per heavy atom. The molecular formula is C14H18N4O. The largest absolute Gasteiger partial charge is 0.439 e. The molecule has 1 aromatic heterocycles. The third kappa shape index (κ3) is 3.00. The van der Waals surface area contributed by atoms with E-state index in [1.54, 1.807) is 0 Å². The first kappa shape index (κ1) is 13.3. The fraction of sp³-hybridized carbons (Fsp3) is 0.286. The van der Waals surface area contributed by atoms with E-state index in [1.807, 2.05) is 32.9 Å². The lowest BCUT2D eigenvalue weighted by molar-refractivity contribution is 0.455. The molecule has 100 valence electrons. The van der Waals surface area contributed by atoms with E-state index in [0.29, 0.717) is 11.7 Å². The van der Waals surface area contributed by atoms with Crippen molar-refractivity contribution in [1.82, 2.24) is 9.97 Å². The fourth-order valence-corrected chi connectivity index (χ4v) is 2.03. The van der Waals surface area contributed by atoms with E-state index in [9.17, 15) is 0 Å². The first-order chi connectivity index (χ1) is 9.13. The second kappa shape index (κ2) is 5.67. The summed E-state index contributed by atoms with van der Waals surface area (Å²) in [6.07, 6.45) is 2.17. The molecule has 0 fully saturated rings. The normalized spacial score (nSPS) is 10.3. The lowest BCUT2D eigenvalue weighted by Crippen LogP contribution is -2.12. The van der Waals surface area contributed by atoms with Crippen molar-refractivity contribution in [2.75, 3.05) is 5.43 Å². The number of nitrogens with zero attached hydrogens (tertiary/aromatic N) is 2. The van der Waals surface area contributed by atoms with Crippen molar-refractivity contribution < 1.29 is 4.74 Å². The van der Waals surface area contributed by atoms with E-state index in [-0.39, 0.29) is 0 Å². The Kier molecular flexibility index (Phi) is 3.97. The molecule has 0 unspecified atom stereocenters. The highest BCUT2D eigenvalue weighted by Crippen LogP contribution is 2.28. The number of aromatic nitrogens is 2. The highest BCUT2D eigenvalue weighted by Gasteiger charge is 2.11. The van der Waals surface area contributed by atoms with Gasteiger partial charge in [-0.15, -0.1) is 0 Å². The summed E-state index contributed by atoms with van der Waals surface area (Å²) in [5.74, 6) is 7.34. The molecule has 0 saturated heterocycles. The van der Waals surface area contributed by atoms with Gasteiger partial charge in [-0.3, -0.25) is 0 Å². The number of benzene rings is 1. The van der Waals surface area contributed by atoms with Crippen LogP contribution in [0.4, 0.5) is 5.82 Å². The Labute approximate surface area is 112 Å². The number of rotatable bonds is 4. The lowest BCUT2D eigenvalue weighted by Gasteiger charge is -2.12. The van der Waals surface area contributed by atoms with Gasteiger partial charge in [0.15, 0.2) is 0 Å². The van der Waals surface area contributed by atoms with Gasteiger partial charge >= 0.3 is 0 Å². The summed E-state index contributed by atoms with van der Waals surface area (Å²) in [4.78, 5) is 8.26. The second-order valence-corrected chi connectivity index (χ2v) is 4.43. The van der Waals surface area contributed by atoms with Gasteiger partial charge in [0.2, 0.25) is 5.88 Å². The van der Waals surface area contributed by atoms with Crippen LogP contribution in [-0.4, -0.2) is 9.97 Å². The summed E-state index contributed by atoms with van der Waals surface area (Å²) >= 11 is 0. The zero-order valence-corrected chi connectivity index (χ0v) is 11.4. The number of anilines is 1. The Hall–Kier alpha value is -2.14. The number of nitrogen functional groups attached to an aromatic ring is 1. The van der Waals surface area contributed by atoms with E-state index >= 15 is 0 Å². The third-order valence-electron chi connectivity index (χ3n) is 2.81. The van der Waals surface area contributed by atoms with Crippen LogP contribution in [0.5, 0.6) is 11.6 Å². The van der Waals surface area contributed by atoms with Gasteiger partial charge in [-0.05, 0) is 43.5 Å².